The molecule has 0 bridgehead atoms. The number of carbonyl (C=O) groups excluding carboxylic acids is 2. The Bertz CT molecular complexity index is 593. The predicted molar refractivity (Wildman–Crippen MR) is 96.6 cm³/mol. The molecule has 0 radical (unpaired) electrons. The highest BCUT2D eigenvalue weighted by Crippen LogP contribution is 2.33. The number of hydrogen-bond acceptors (Lipinski definition) is 3. The van der Waals surface area contributed by atoms with Crippen LogP contribution in [0.2, 0.25) is 0 Å². The lowest BCUT2D eigenvalue weighted by Crippen LogP contribution is -2.31. The molecule has 1 aliphatic heterocycles. The van der Waals surface area contributed by atoms with Gasteiger partial charge >= 0.3 is 0 Å². The fourth-order valence-corrected chi connectivity index (χ4v) is 4.11. The summed E-state index contributed by atoms with van der Waals surface area (Å²) < 4.78 is 0. The van der Waals surface area contributed by atoms with Crippen LogP contribution in [0.4, 0.5) is 0 Å². The van der Waals surface area contributed by atoms with Crippen molar-refractivity contribution in [3.63, 3.8) is 0 Å². The molecule has 5 heteroatoms. The van der Waals surface area contributed by atoms with Crippen LogP contribution < -0.4 is 5.32 Å². The first kappa shape index (κ1) is 17.9. The number of likely N-dealkylation sites (tertiary alicyclic amines) is 1. The highest BCUT2D eigenvalue weighted by molar-refractivity contribution is 5.77. The molecule has 2 fully saturated rings. The van der Waals surface area contributed by atoms with Crippen molar-refractivity contribution < 1.29 is 9.59 Å². The first-order valence-corrected chi connectivity index (χ1v) is 9.62. The Balaban J connectivity index is 1.56. The van der Waals surface area contributed by atoms with E-state index in [-0.39, 0.29) is 11.9 Å². The number of hydrogen-bond donors (Lipinski definition) is 1. The third kappa shape index (κ3) is 4.80. The molecule has 2 aliphatic rings. The maximum atomic E-state index is 12.7. The van der Waals surface area contributed by atoms with E-state index < -0.39 is 0 Å². The van der Waals surface area contributed by atoms with Gasteiger partial charge in [0.05, 0.1) is 11.7 Å². The van der Waals surface area contributed by atoms with Crippen LogP contribution in [0.5, 0.6) is 0 Å². The average Bonchev–Trinajstić information content (AvgIpc) is 3.30. The van der Waals surface area contributed by atoms with Gasteiger partial charge in [0, 0.05) is 32.6 Å². The molecule has 136 valence electrons. The Labute approximate surface area is 150 Å². The van der Waals surface area contributed by atoms with E-state index in [0.29, 0.717) is 18.9 Å². The topological polar surface area (TPSA) is 62.3 Å². The van der Waals surface area contributed by atoms with Crippen molar-refractivity contribution in [3.8, 4) is 0 Å². The molecule has 1 unspecified atom stereocenters. The third-order valence-corrected chi connectivity index (χ3v) is 5.54. The molecule has 1 N–H and O–H groups in total. The number of pyridine rings is 1. The second-order valence-electron chi connectivity index (χ2n) is 7.44. The Morgan fingerprint density at radius 1 is 1.20 bits per heavy atom. The molecule has 0 spiro atoms. The number of carbonyl (C=O) groups is 2. The summed E-state index contributed by atoms with van der Waals surface area (Å²) in [6.45, 7) is 2.86. The molecule has 1 atom stereocenters. The molecule has 5 nitrogen and oxygen atoms in total. The second kappa shape index (κ2) is 8.45. The van der Waals surface area contributed by atoms with Gasteiger partial charge in [-0.2, -0.15) is 0 Å². The Kier molecular flexibility index (Phi) is 6.05. The summed E-state index contributed by atoms with van der Waals surface area (Å²) in [5.74, 6) is 1.01. The number of amides is 2. The monoisotopic (exact) mass is 343 g/mol. The molecule has 1 aromatic rings. The van der Waals surface area contributed by atoms with E-state index in [2.05, 4.69) is 10.3 Å². The summed E-state index contributed by atoms with van der Waals surface area (Å²) >= 11 is 0. The molecule has 1 saturated heterocycles. The highest BCUT2D eigenvalue weighted by atomic mass is 16.2. The molecular weight excluding hydrogens is 314 g/mol. The molecule has 1 aliphatic carbocycles. The van der Waals surface area contributed by atoms with Gasteiger partial charge < -0.3 is 10.2 Å². The van der Waals surface area contributed by atoms with Crippen LogP contribution in [0.25, 0.3) is 0 Å². The van der Waals surface area contributed by atoms with E-state index in [0.717, 1.165) is 43.0 Å². The average molecular weight is 343 g/mol. The first-order chi connectivity index (χ1) is 12.1. The summed E-state index contributed by atoms with van der Waals surface area (Å²) in [6, 6.07) is 4.12. The van der Waals surface area contributed by atoms with Crippen molar-refractivity contribution in [3.05, 3.63) is 29.6 Å². The molecule has 1 saturated carbocycles. The van der Waals surface area contributed by atoms with Gasteiger partial charge in [-0.05, 0) is 36.8 Å². The number of nitrogens with zero attached hydrogens (tertiary/aromatic N) is 2. The van der Waals surface area contributed by atoms with E-state index >= 15 is 0 Å². The van der Waals surface area contributed by atoms with Gasteiger partial charge in [0.1, 0.15) is 0 Å². The van der Waals surface area contributed by atoms with Crippen molar-refractivity contribution >= 4 is 11.8 Å². The predicted octanol–water partition coefficient (Wildman–Crippen LogP) is 3.35. The van der Waals surface area contributed by atoms with Crippen LogP contribution in [0.3, 0.4) is 0 Å². The standard InChI is InChI=1S/C20H29N3O2/c1-15(24)21-13-17-8-10-18(22-14-17)19-7-4-12-23(19)20(25)11-9-16-5-2-3-6-16/h8,10,14,16,19H,2-7,9,11-13H2,1H3,(H,21,24). The Morgan fingerprint density at radius 3 is 2.68 bits per heavy atom. The summed E-state index contributed by atoms with van der Waals surface area (Å²) in [5.41, 5.74) is 1.95. The fraction of sp³-hybridized carbons (Fsp3) is 0.650. The number of rotatable bonds is 6. The maximum Gasteiger partial charge on any atom is 0.223 e. The lowest BCUT2D eigenvalue weighted by atomic mass is 10.0. The molecule has 2 heterocycles. The van der Waals surface area contributed by atoms with Crippen LogP contribution in [0.15, 0.2) is 18.3 Å². The Morgan fingerprint density at radius 2 is 2.00 bits per heavy atom. The summed E-state index contributed by atoms with van der Waals surface area (Å²) in [4.78, 5) is 30.3. The lowest BCUT2D eigenvalue weighted by molar-refractivity contribution is -0.132. The minimum Gasteiger partial charge on any atom is -0.352 e. The van der Waals surface area contributed by atoms with Crippen molar-refractivity contribution in [2.75, 3.05) is 6.54 Å². The van der Waals surface area contributed by atoms with Gasteiger partial charge in [0.15, 0.2) is 0 Å². The van der Waals surface area contributed by atoms with Crippen molar-refractivity contribution in [2.45, 2.75) is 70.9 Å². The van der Waals surface area contributed by atoms with Gasteiger partial charge in [-0.15, -0.1) is 0 Å². The van der Waals surface area contributed by atoms with E-state index in [1.165, 1.54) is 32.6 Å². The number of nitrogens with one attached hydrogen (secondary N) is 1. The fourth-order valence-electron chi connectivity index (χ4n) is 4.11. The first-order valence-electron chi connectivity index (χ1n) is 9.62. The third-order valence-electron chi connectivity index (χ3n) is 5.54. The van der Waals surface area contributed by atoms with Crippen molar-refractivity contribution in [2.24, 2.45) is 5.92 Å². The van der Waals surface area contributed by atoms with Gasteiger partial charge in [0.25, 0.3) is 0 Å². The molecule has 0 aromatic carbocycles. The van der Waals surface area contributed by atoms with Crippen molar-refractivity contribution in [1.29, 1.82) is 0 Å². The summed E-state index contributed by atoms with van der Waals surface area (Å²) in [5, 5.41) is 2.78. The van der Waals surface area contributed by atoms with Crippen LogP contribution in [-0.4, -0.2) is 28.2 Å². The molecule has 3 rings (SSSR count). The van der Waals surface area contributed by atoms with Gasteiger partial charge in [-0.25, -0.2) is 0 Å². The van der Waals surface area contributed by atoms with Crippen LogP contribution in [-0.2, 0) is 16.1 Å². The van der Waals surface area contributed by atoms with Crippen LogP contribution >= 0.6 is 0 Å². The number of aromatic nitrogens is 1. The zero-order valence-electron chi connectivity index (χ0n) is 15.2. The van der Waals surface area contributed by atoms with Gasteiger partial charge in [-0.1, -0.05) is 31.7 Å². The summed E-state index contributed by atoms with van der Waals surface area (Å²) in [7, 11) is 0. The van der Waals surface area contributed by atoms with Crippen LogP contribution in [0.1, 0.15) is 75.6 Å². The van der Waals surface area contributed by atoms with E-state index in [9.17, 15) is 9.59 Å². The SMILES string of the molecule is CC(=O)NCc1ccc(C2CCCN2C(=O)CCC2CCCC2)nc1. The summed E-state index contributed by atoms with van der Waals surface area (Å²) in [6.07, 6.45) is 10.8. The largest absolute Gasteiger partial charge is 0.352 e. The van der Waals surface area contributed by atoms with Gasteiger partial charge in [0.2, 0.25) is 11.8 Å². The van der Waals surface area contributed by atoms with E-state index in [1.807, 2.05) is 23.2 Å². The van der Waals surface area contributed by atoms with Crippen LogP contribution in [0, 0.1) is 5.92 Å². The second-order valence-corrected chi connectivity index (χ2v) is 7.44. The minimum atomic E-state index is -0.0427. The molecular formula is C20H29N3O2. The van der Waals surface area contributed by atoms with E-state index in [1.54, 1.807) is 0 Å². The molecule has 25 heavy (non-hydrogen) atoms. The zero-order valence-corrected chi connectivity index (χ0v) is 15.2. The zero-order chi connectivity index (χ0) is 17.6. The smallest absolute Gasteiger partial charge is 0.223 e. The molecule has 1 aromatic heterocycles. The minimum absolute atomic E-state index is 0.0427. The van der Waals surface area contributed by atoms with Crippen molar-refractivity contribution in [1.82, 2.24) is 15.2 Å². The maximum absolute atomic E-state index is 12.7. The van der Waals surface area contributed by atoms with E-state index in [4.69, 9.17) is 0 Å². The lowest BCUT2D eigenvalue weighted by Gasteiger charge is -2.25. The normalized spacial score (nSPS) is 20.8. The van der Waals surface area contributed by atoms with Gasteiger partial charge in [-0.3, -0.25) is 14.6 Å². The Hall–Kier alpha value is -1.91. The molecule has 2 amide bonds. The quantitative estimate of drug-likeness (QED) is 0.861. The highest BCUT2D eigenvalue weighted by Gasteiger charge is 2.31.